The Morgan fingerprint density at radius 2 is 2.13 bits per heavy atom. The van der Waals surface area contributed by atoms with Crippen molar-refractivity contribution in [3.05, 3.63) is 29.0 Å². The largest absolute Gasteiger partial charge is 0.458 e. The summed E-state index contributed by atoms with van der Waals surface area (Å²) in [5.41, 5.74) is 0.245. The minimum absolute atomic E-state index is 0.127. The van der Waals surface area contributed by atoms with E-state index in [1.807, 2.05) is 20.8 Å². The molecule has 0 saturated carbocycles. The first-order valence-corrected chi connectivity index (χ1v) is 5.21. The van der Waals surface area contributed by atoms with Crippen LogP contribution < -0.4 is 0 Å². The zero-order chi connectivity index (χ0) is 11.4. The second-order valence-corrected chi connectivity index (χ2v) is 4.15. The van der Waals surface area contributed by atoms with Gasteiger partial charge < -0.3 is 4.74 Å². The fourth-order valence-corrected chi connectivity index (χ4v) is 1.04. The second kappa shape index (κ2) is 5.12. The van der Waals surface area contributed by atoms with Crippen LogP contribution in [0.3, 0.4) is 0 Å². The molecular formula is C11H14ClNO2. The third-order valence-electron chi connectivity index (χ3n) is 2.16. The number of aromatic nitrogens is 1. The van der Waals surface area contributed by atoms with Gasteiger partial charge in [0, 0.05) is 11.2 Å². The Bertz CT molecular complexity index is 352. The number of rotatable bonds is 3. The van der Waals surface area contributed by atoms with Gasteiger partial charge in [-0.2, -0.15) is 0 Å². The maximum absolute atomic E-state index is 11.6. The monoisotopic (exact) mass is 227 g/mol. The number of hydrogen-bond acceptors (Lipinski definition) is 3. The van der Waals surface area contributed by atoms with Crippen LogP contribution in [0.2, 0.25) is 5.02 Å². The van der Waals surface area contributed by atoms with E-state index in [0.29, 0.717) is 5.02 Å². The number of ether oxygens (including phenoxy) is 1. The number of halogens is 1. The first kappa shape index (κ1) is 12.0. The third kappa shape index (κ3) is 3.51. The summed E-state index contributed by atoms with van der Waals surface area (Å²) in [5.74, 6) is -0.146. The zero-order valence-corrected chi connectivity index (χ0v) is 9.78. The quantitative estimate of drug-likeness (QED) is 0.746. The van der Waals surface area contributed by atoms with Gasteiger partial charge in [-0.1, -0.05) is 25.4 Å². The van der Waals surface area contributed by atoms with E-state index in [1.54, 1.807) is 6.07 Å². The van der Waals surface area contributed by atoms with Gasteiger partial charge in [0.1, 0.15) is 11.8 Å². The fourth-order valence-electron chi connectivity index (χ4n) is 0.882. The van der Waals surface area contributed by atoms with E-state index < -0.39 is 5.97 Å². The van der Waals surface area contributed by atoms with E-state index in [9.17, 15) is 4.79 Å². The molecule has 82 valence electrons. The number of nitrogens with zero attached hydrogens (tertiary/aromatic N) is 1. The fraction of sp³-hybridized carbons (Fsp3) is 0.455. The minimum atomic E-state index is -0.432. The van der Waals surface area contributed by atoms with Gasteiger partial charge in [0.15, 0.2) is 0 Å². The lowest BCUT2D eigenvalue weighted by molar-refractivity contribution is 0.0231. The molecule has 0 aromatic carbocycles. The second-order valence-electron chi connectivity index (χ2n) is 3.71. The predicted octanol–water partition coefficient (Wildman–Crippen LogP) is 2.94. The summed E-state index contributed by atoms with van der Waals surface area (Å²) in [5, 5.41) is 0.481. The molecule has 1 rings (SSSR count). The molecule has 0 amide bonds. The Kier molecular flexibility index (Phi) is 4.09. The molecule has 4 heteroatoms. The lowest BCUT2D eigenvalue weighted by Crippen LogP contribution is -2.20. The summed E-state index contributed by atoms with van der Waals surface area (Å²) in [6, 6.07) is 3.11. The van der Waals surface area contributed by atoms with Crippen molar-refractivity contribution in [1.29, 1.82) is 0 Å². The molecule has 1 aromatic heterocycles. The third-order valence-corrected chi connectivity index (χ3v) is 2.40. The molecule has 0 bridgehead atoms. The molecule has 1 aromatic rings. The first-order valence-electron chi connectivity index (χ1n) is 4.83. The van der Waals surface area contributed by atoms with E-state index in [1.165, 1.54) is 12.3 Å². The molecule has 0 radical (unpaired) electrons. The van der Waals surface area contributed by atoms with E-state index in [4.69, 9.17) is 16.3 Å². The van der Waals surface area contributed by atoms with Crippen molar-refractivity contribution in [2.24, 2.45) is 5.92 Å². The molecular weight excluding hydrogens is 214 g/mol. The highest BCUT2D eigenvalue weighted by atomic mass is 35.5. The smallest absolute Gasteiger partial charge is 0.357 e. The van der Waals surface area contributed by atoms with Crippen molar-refractivity contribution in [1.82, 2.24) is 4.98 Å². The molecule has 0 aliphatic rings. The Labute approximate surface area is 94.4 Å². The molecule has 0 saturated heterocycles. The van der Waals surface area contributed by atoms with Gasteiger partial charge in [-0.3, -0.25) is 0 Å². The van der Waals surface area contributed by atoms with Gasteiger partial charge in [-0.05, 0) is 25.0 Å². The molecule has 0 aliphatic heterocycles. The number of hydrogen-bond donors (Lipinski definition) is 0. The van der Waals surface area contributed by atoms with Crippen molar-refractivity contribution < 1.29 is 9.53 Å². The Morgan fingerprint density at radius 3 is 2.67 bits per heavy atom. The lowest BCUT2D eigenvalue weighted by Gasteiger charge is -2.16. The van der Waals surface area contributed by atoms with Crippen molar-refractivity contribution in [2.75, 3.05) is 0 Å². The molecule has 1 unspecified atom stereocenters. The Morgan fingerprint density at radius 1 is 1.47 bits per heavy atom. The average Bonchev–Trinajstić information content (AvgIpc) is 2.17. The van der Waals surface area contributed by atoms with E-state index in [0.717, 1.165) is 0 Å². The molecule has 1 heterocycles. The topological polar surface area (TPSA) is 39.2 Å². The van der Waals surface area contributed by atoms with Crippen LogP contribution in [0, 0.1) is 5.92 Å². The summed E-state index contributed by atoms with van der Waals surface area (Å²) >= 11 is 5.74. The predicted molar refractivity (Wildman–Crippen MR) is 59.0 cm³/mol. The van der Waals surface area contributed by atoms with Crippen molar-refractivity contribution >= 4 is 17.6 Å². The Hall–Kier alpha value is -1.09. The minimum Gasteiger partial charge on any atom is -0.458 e. The summed E-state index contributed by atoms with van der Waals surface area (Å²) in [7, 11) is 0. The normalized spacial score (nSPS) is 12.6. The van der Waals surface area contributed by atoms with Crippen molar-refractivity contribution in [2.45, 2.75) is 26.9 Å². The Balaban J connectivity index is 2.69. The van der Waals surface area contributed by atoms with Gasteiger partial charge in [0.2, 0.25) is 0 Å². The number of esters is 1. The van der Waals surface area contributed by atoms with Crippen LogP contribution in [0.15, 0.2) is 18.3 Å². The number of pyridine rings is 1. The summed E-state index contributed by atoms with van der Waals surface area (Å²) in [6.45, 7) is 5.83. The van der Waals surface area contributed by atoms with Gasteiger partial charge in [-0.25, -0.2) is 9.78 Å². The van der Waals surface area contributed by atoms with E-state index >= 15 is 0 Å². The van der Waals surface area contributed by atoms with Crippen LogP contribution >= 0.6 is 11.6 Å². The van der Waals surface area contributed by atoms with Crippen LogP contribution in [0.1, 0.15) is 31.3 Å². The molecule has 0 N–H and O–H groups in total. The van der Waals surface area contributed by atoms with Crippen molar-refractivity contribution in [3.63, 3.8) is 0 Å². The molecule has 0 aliphatic carbocycles. The lowest BCUT2D eigenvalue weighted by atomic mass is 10.1. The van der Waals surface area contributed by atoms with Gasteiger partial charge in [0.25, 0.3) is 0 Å². The van der Waals surface area contributed by atoms with Gasteiger partial charge >= 0.3 is 5.97 Å². The first-order chi connectivity index (χ1) is 7.00. The standard InChI is InChI=1S/C11H14ClNO2/c1-7(2)8(3)15-11(14)10-6-9(12)4-5-13-10/h4-8H,1-3H3. The summed E-state index contributed by atoms with van der Waals surface area (Å²) in [6.07, 6.45) is 1.36. The van der Waals surface area contributed by atoms with E-state index in [2.05, 4.69) is 4.98 Å². The van der Waals surface area contributed by atoms with Crippen LogP contribution in [0.4, 0.5) is 0 Å². The van der Waals surface area contributed by atoms with Crippen molar-refractivity contribution in [3.8, 4) is 0 Å². The molecule has 1 atom stereocenters. The molecule has 0 spiro atoms. The van der Waals surface area contributed by atoms with Gasteiger partial charge in [-0.15, -0.1) is 0 Å². The average molecular weight is 228 g/mol. The number of carbonyl (C=O) groups is 1. The number of carbonyl (C=O) groups excluding carboxylic acids is 1. The highest BCUT2D eigenvalue weighted by Crippen LogP contribution is 2.12. The molecule has 15 heavy (non-hydrogen) atoms. The summed E-state index contributed by atoms with van der Waals surface area (Å²) < 4.78 is 5.19. The van der Waals surface area contributed by atoms with Crippen LogP contribution in [-0.2, 0) is 4.74 Å². The van der Waals surface area contributed by atoms with E-state index in [-0.39, 0.29) is 17.7 Å². The maximum Gasteiger partial charge on any atom is 0.357 e. The van der Waals surface area contributed by atoms with Gasteiger partial charge in [0.05, 0.1) is 0 Å². The highest BCUT2D eigenvalue weighted by molar-refractivity contribution is 6.30. The van der Waals surface area contributed by atoms with Crippen LogP contribution in [0.25, 0.3) is 0 Å². The van der Waals surface area contributed by atoms with Crippen LogP contribution in [-0.4, -0.2) is 17.1 Å². The molecule has 0 fully saturated rings. The SMILES string of the molecule is CC(C)C(C)OC(=O)c1cc(Cl)ccn1. The summed E-state index contributed by atoms with van der Waals surface area (Å²) in [4.78, 5) is 15.5. The van der Waals surface area contributed by atoms with Crippen LogP contribution in [0.5, 0.6) is 0 Å². The molecule has 3 nitrogen and oxygen atoms in total. The maximum atomic E-state index is 11.6. The highest BCUT2D eigenvalue weighted by Gasteiger charge is 2.15. The zero-order valence-electron chi connectivity index (χ0n) is 9.03.